The molecular weight excluding hydrogens is 695 g/mol. The number of benzene rings is 9. The lowest BCUT2D eigenvalue weighted by Gasteiger charge is -2.14. The van der Waals surface area contributed by atoms with Crippen molar-refractivity contribution in [3.05, 3.63) is 200 Å². The third-order valence-corrected chi connectivity index (χ3v) is 10.9. The number of furan rings is 1. The molecule has 0 aliphatic rings. The van der Waals surface area contributed by atoms with Crippen molar-refractivity contribution >= 4 is 43.5 Å². The Hall–Kier alpha value is -7.69. The molecule has 11 aromatic rings. The first-order valence-corrected chi connectivity index (χ1v) is 19.2. The molecule has 0 aliphatic heterocycles. The summed E-state index contributed by atoms with van der Waals surface area (Å²) in [5.41, 5.74) is 11.2. The number of hydrogen-bond donors (Lipinski definition) is 0. The highest BCUT2D eigenvalue weighted by atomic mass is 16.3. The predicted octanol–water partition coefficient (Wildman–Crippen LogP) is 14.1. The van der Waals surface area contributed by atoms with Crippen LogP contribution in [0.4, 0.5) is 0 Å². The molecule has 0 aliphatic carbocycles. The molecule has 0 atom stereocenters. The summed E-state index contributed by atoms with van der Waals surface area (Å²) in [6.07, 6.45) is 0. The van der Waals surface area contributed by atoms with Gasteiger partial charge in [-0.05, 0) is 91.3 Å². The molecule has 11 rings (SSSR count). The van der Waals surface area contributed by atoms with Gasteiger partial charge < -0.3 is 4.42 Å². The van der Waals surface area contributed by atoms with Gasteiger partial charge in [0.25, 0.3) is 0 Å². The van der Waals surface area contributed by atoms with Crippen molar-refractivity contribution in [1.29, 1.82) is 0 Å². The molecule has 2 aromatic heterocycles. The van der Waals surface area contributed by atoms with Gasteiger partial charge in [0.15, 0.2) is 17.5 Å². The summed E-state index contributed by atoms with van der Waals surface area (Å²) in [5, 5.41) is 6.56. The van der Waals surface area contributed by atoms with Crippen molar-refractivity contribution < 1.29 is 4.42 Å². The van der Waals surface area contributed by atoms with Gasteiger partial charge in [0, 0.05) is 27.5 Å². The number of aromatic nitrogens is 3. The van der Waals surface area contributed by atoms with Crippen LogP contribution in [0.1, 0.15) is 0 Å². The Morgan fingerprint density at radius 1 is 0.281 bits per heavy atom. The summed E-state index contributed by atoms with van der Waals surface area (Å²) in [6.45, 7) is 0. The van der Waals surface area contributed by atoms with Crippen molar-refractivity contribution in [1.82, 2.24) is 15.0 Å². The standard InChI is InChI=1S/C53H33N3O/c1-4-14-34(15-5-1)37-24-25-39-31-40(27-26-38(39)30-37)41-32-47(50-46-22-12-13-23-48(46)57-49(50)33-41)53-55-51(36-18-8-3-9-19-36)54-52(56-53)45-29-28-42(35-16-6-2-7-17-35)43-20-10-11-21-44(43)45/h1-33H. The lowest BCUT2D eigenvalue weighted by molar-refractivity contribution is 0.669. The third-order valence-electron chi connectivity index (χ3n) is 10.9. The Labute approximate surface area is 329 Å². The minimum atomic E-state index is 0.585. The first kappa shape index (κ1) is 32.7. The molecule has 0 spiro atoms. The SMILES string of the molecule is c1ccc(-c2ccc3cc(-c4cc(-c5nc(-c6ccccc6)nc(-c6ccc(-c7ccccc7)c7ccccc67)n5)c5c(c4)oc4ccccc45)ccc3c2)cc1. The molecule has 0 fully saturated rings. The van der Waals surface area contributed by atoms with E-state index in [0.717, 1.165) is 71.5 Å². The van der Waals surface area contributed by atoms with Crippen LogP contribution in [-0.2, 0) is 0 Å². The maximum absolute atomic E-state index is 6.60. The summed E-state index contributed by atoms with van der Waals surface area (Å²) < 4.78 is 6.60. The Kier molecular flexibility index (Phi) is 7.78. The van der Waals surface area contributed by atoms with Crippen LogP contribution < -0.4 is 0 Å². The largest absolute Gasteiger partial charge is 0.456 e. The third kappa shape index (κ3) is 5.83. The van der Waals surface area contributed by atoms with Gasteiger partial charge in [0.1, 0.15) is 11.2 Å². The molecule has 4 heteroatoms. The number of fused-ring (bicyclic) bond motifs is 5. The Morgan fingerprint density at radius 3 is 1.47 bits per heavy atom. The molecular formula is C53H33N3O. The van der Waals surface area contributed by atoms with Crippen LogP contribution >= 0.6 is 0 Å². The summed E-state index contributed by atoms with van der Waals surface area (Å²) in [4.78, 5) is 15.8. The zero-order chi connectivity index (χ0) is 37.7. The minimum absolute atomic E-state index is 0.585. The average molecular weight is 728 g/mol. The van der Waals surface area contributed by atoms with E-state index in [1.807, 2.05) is 36.4 Å². The topological polar surface area (TPSA) is 51.8 Å². The second-order valence-electron chi connectivity index (χ2n) is 14.4. The van der Waals surface area contributed by atoms with E-state index in [9.17, 15) is 0 Å². The molecule has 0 unspecified atom stereocenters. The lowest BCUT2D eigenvalue weighted by atomic mass is 9.94. The molecule has 0 saturated heterocycles. The monoisotopic (exact) mass is 727 g/mol. The van der Waals surface area contributed by atoms with Gasteiger partial charge in [-0.25, -0.2) is 15.0 Å². The van der Waals surface area contributed by atoms with Gasteiger partial charge in [-0.15, -0.1) is 0 Å². The van der Waals surface area contributed by atoms with Gasteiger partial charge in [0.05, 0.1) is 0 Å². The van der Waals surface area contributed by atoms with E-state index in [2.05, 4.69) is 164 Å². The maximum atomic E-state index is 6.60. The summed E-state index contributed by atoms with van der Waals surface area (Å²) >= 11 is 0. The zero-order valence-corrected chi connectivity index (χ0v) is 30.8. The van der Waals surface area contributed by atoms with Crippen LogP contribution in [0, 0.1) is 0 Å². The fourth-order valence-electron chi connectivity index (χ4n) is 8.13. The quantitative estimate of drug-likeness (QED) is 0.171. The minimum Gasteiger partial charge on any atom is -0.456 e. The molecule has 57 heavy (non-hydrogen) atoms. The zero-order valence-electron chi connectivity index (χ0n) is 30.8. The Balaban J connectivity index is 1.13. The molecule has 4 nitrogen and oxygen atoms in total. The van der Waals surface area contributed by atoms with E-state index in [1.165, 1.54) is 22.1 Å². The lowest BCUT2D eigenvalue weighted by Crippen LogP contribution is -2.01. The van der Waals surface area contributed by atoms with E-state index < -0.39 is 0 Å². The van der Waals surface area contributed by atoms with E-state index in [0.29, 0.717) is 17.5 Å². The van der Waals surface area contributed by atoms with Crippen LogP contribution in [0.25, 0.3) is 111 Å². The summed E-state index contributed by atoms with van der Waals surface area (Å²) in [6, 6.07) is 69.9. The van der Waals surface area contributed by atoms with Crippen molar-refractivity contribution in [2.75, 3.05) is 0 Å². The normalized spacial score (nSPS) is 11.5. The van der Waals surface area contributed by atoms with Crippen molar-refractivity contribution in [3.8, 4) is 67.5 Å². The van der Waals surface area contributed by atoms with Gasteiger partial charge in [-0.3, -0.25) is 0 Å². The van der Waals surface area contributed by atoms with Gasteiger partial charge >= 0.3 is 0 Å². The highest BCUT2D eigenvalue weighted by Gasteiger charge is 2.21. The first-order chi connectivity index (χ1) is 28.2. The summed E-state index contributed by atoms with van der Waals surface area (Å²) in [7, 11) is 0. The van der Waals surface area contributed by atoms with Crippen LogP contribution in [-0.4, -0.2) is 15.0 Å². The number of para-hydroxylation sites is 1. The summed E-state index contributed by atoms with van der Waals surface area (Å²) in [5.74, 6) is 1.81. The molecule has 0 amide bonds. The Morgan fingerprint density at radius 2 is 0.789 bits per heavy atom. The van der Waals surface area contributed by atoms with E-state index in [4.69, 9.17) is 19.4 Å². The van der Waals surface area contributed by atoms with E-state index >= 15 is 0 Å². The van der Waals surface area contributed by atoms with E-state index in [1.54, 1.807) is 0 Å². The Bertz CT molecular complexity index is 3280. The molecule has 266 valence electrons. The van der Waals surface area contributed by atoms with Crippen LogP contribution in [0.5, 0.6) is 0 Å². The molecule has 0 radical (unpaired) electrons. The van der Waals surface area contributed by atoms with E-state index in [-0.39, 0.29) is 0 Å². The number of hydrogen-bond acceptors (Lipinski definition) is 4. The van der Waals surface area contributed by atoms with Gasteiger partial charge in [-0.2, -0.15) is 0 Å². The van der Waals surface area contributed by atoms with Crippen molar-refractivity contribution in [2.24, 2.45) is 0 Å². The fraction of sp³-hybridized carbons (Fsp3) is 0. The predicted molar refractivity (Wildman–Crippen MR) is 235 cm³/mol. The maximum Gasteiger partial charge on any atom is 0.164 e. The highest BCUT2D eigenvalue weighted by Crippen LogP contribution is 2.41. The van der Waals surface area contributed by atoms with Crippen LogP contribution in [0.3, 0.4) is 0 Å². The molecule has 2 heterocycles. The molecule has 0 N–H and O–H groups in total. The average Bonchev–Trinajstić information content (AvgIpc) is 3.67. The smallest absolute Gasteiger partial charge is 0.164 e. The highest BCUT2D eigenvalue weighted by molar-refractivity contribution is 6.13. The van der Waals surface area contributed by atoms with Crippen LogP contribution in [0.2, 0.25) is 0 Å². The number of nitrogens with zero attached hydrogens (tertiary/aromatic N) is 3. The molecule has 9 aromatic carbocycles. The first-order valence-electron chi connectivity index (χ1n) is 19.2. The second kappa shape index (κ2) is 13.6. The molecule has 0 saturated carbocycles. The van der Waals surface area contributed by atoms with Crippen molar-refractivity contribution in [3.63, 3.8) is 0 Å². The van der Waals surface area contributed by atoms with Crippen LogP contribution in [0.15, 0.2) is 205 Å². The second-order valence-corrected chi connectivity index (χ2v) is 14.4. The van der Waals surface area contributed by atoms with Crippen molar-refractivity contribution in [2.45, 2.75) is 0 Å². The van der Waals surface area contributed by atoms with Gasteiger partial charge in [0.2, 0.25) is 0 Å². The fourth-order valence-corrected chi connectivity index (χ4v) is 8.13. The molecule has 0 bridgehead atoms. The van der Waals surface area contributed by atoms with Gasteiger partial charge in [-0.1, -0.05) is 164 Å². The number of rotatable bonds is 6.